The minimum absolute atomic E-state index is 0.557. The fourth-order valence-electron chi connectivity index (χ4n) is 3.39. The third-order valence-electron chi connectivity index (χ3n) is 4.16. The predicted octanol–water partition coefficient (Wildman–Crippen LogP) is 2.23. The monoisotopic (exact) mass is 195 g/mol. The van der Waals surface area contributed by atoms with Crippen molar-refractivity contribution in [3.8, 4) is 0 Å². The molecule has 3 rings (SSSR count). The Labute approximate surface area is 86.4 Å². The van der Waals surface area contributed by atoms with Crippen molar-refractivity contribution in [1.29, 1.82) is 0 Å². The van der Waals surface area contributed by atoms with Crippen LogP contribution in [0.1, 0.15) is 51.4 Å². The summed E-state index contributed by atoms with van der Waals surface area (Å²) in [6.45, 7) is 0. The van der Waals surface area contributed by atoms with Gasteiger partial charge in [-0.1, -0.05) is 19.3 Å². The Morgan fingerprint density at radius 2 is 1.79 bits per heavy atom. The van der Waals surface area contributed by atoms with Crippen LogP contribution in [0.15, 0.2) is 0 Å². The topological polar surface area (TPSA) is 21.3 Å². The second-order valence-corrected chi connectivity index (χ2v) is 5.22. The maximum absolute atomic E-state index is 5.86. The van der Waals surface area contributed by atoms with Crippen LogP contribution in [0.25, 0.3) is 0 Å². The predicted molar refractivity (Wildman–Crippen MR) is 56.3 cm³/mol. The number of fused-ring (bicyclic) bond motifs is 2. The Morgan fingerprint density at radius 1 is 0.929 bits per heavy atom. The van der Waals surface area contributed by atoms with Gasteiger partial charge in [-0.05, 0) is 32.1 Å². The quantitative estimate of drug-likeness (QED) is 0.729. The first kappa shape index (κ1) is 9.17. The molecule has 2 nitrogen and oxygen atoms in total. The minimum Gasteiger partial charge on any atom is -0.373 e. The van der Waals surface area contributed by atoms with Gasteiger partial charge < -0.3 is 10.1 Å². The highest BCUT2D eigenvalue weighted by molar-refractivity contribution is 4.95. The highest BCUT2D eigenvalue weighted by Gasteiger charge is 2.41. The summed E-state index contributed by atoms with van der Waals surface area (Å²) in [5, 5.41) is 3.82. The molecule has 0 spiro atoms. The molecule has 3 aliphatic rings. The summed E-state index contributed by atoms with van der Waals surface area (Å²) in [7, 11) is 0. The van der Waals surface area contributed by atoms with Crippen molar-refractivity contribution in [2.45, 2.75) is 75.7 Å². The summed E-state index contributed by atoms with van der Waals surface area (Å²) >= 11 is 0. The Balaban J connectivity index is 1.52. The van der Waals surface area contributed by atoms with E-state index < -0.39 is 0 Å². The Kier molecular flexibility index (Phi) is 2.50. The van der Waals surface area contributed by atoms with Gasteiger partial charge in [-0.3, -0.25) is 0 Å². The third-order valence-corrected chi connectivity index (χ3v) is 4.16. The first-order valence-electron chi connectivity index (χ1n) is 6.33. The van der Waals surface area contributed by atoms with E-state index in [-0.39, 0.29) is 0 Å². The molecule has 0 aromatic rings. The zero-order valence-corrected chi connectivity index (χ0v) is 8.87. The Hall–Kier alpha value is -0.0800. The minimum atomic E-state index is 0.557. The summed E-state index contributed by atoms with van der Waals surface area (Å²) in [6.07, 6.45) is 12.2. The highest BCUT2D eigenvalue weighted by atomic mass is 16.5. The van der Waals surface area contributed by atoms with E-state index in [0.717, 1.165) is 6.04 Å². The van der Waals surface area contributed by atoms with Crippen LogP contribution in [0.2, 0.25) is 0 Å². The largest absolute Gasteiger partial charge is 0.373 e. The maximum Gasteiger partial charge on any atom is 0.0733 e. The number of rotatable bonds is 2. The number of hydrogen-bond acceptors (Lipinski definition) is 2. The fraction of sp³-hybridized carbons (Fsp3) is 1.00. The van der Waals surface area contributed by atoms with Gasteiger partial charge >= 0.3 is 0 Å². The molecule has 2 aliphatic heterocycles. The van der Waals surface area contributed by atoms with Crippen molar-refractivity contribution in [2.24, 2.45) is 0 Å². The Morgan fingerprint density at radius 3 is 2.43 bits per heavy atom. The molecule has 80 valence electrons. The lowest BCUT2D eigenvalue weighted by atomic mass is 9.91. The van der Waals surface area contributed by atoms with E-state index in [4.69, 9.17) is 4.74 Å². The lowest BCUT2D eigenvalue weighted by Gasteiger charge is -2.29. The smallest absolute Gasteiger partial charge is 0.0733 e. The molecule has 1 aliphatic carbocycles. The first-order chi connectivity index (χ1) is 6.92. The van der Waals surface area contributed by atoms with Gasteiger partial charge in [-0.25, -0.2) is 0 Å². The second-order valence-electron chi connectivity index (χ2n) is 5.22. The molecule has 0 amide bonds. The van der Waals surface area contributed by atoms with Crippen LogP contribution in [-0.2, 0) is 4.74 Å². The number of nitrogens with one attached hydrogen (secondary N) is 1. The zero-order valence-electron chi connectivity index (χ0n) is 8.87. The van der Waals surface area contributed by atoms with Crippen molar-refractivity contribution < 1.29 is 4.74 Å². The van der Waals surface area contributed by atoms with Crippen molar-refractivity contribution in [3.05, 3.63) is 0 Å². The van der Waals surface area contributed by atoms with Crippen LogP contribution in [0.4, 0.5) is 0 Å². The maximum atomic E-state index is 5.86. The summed E-state index contributed by atoms with van der Waals surface area (Å²) < 4.78 is 5.86. The molecule has 2 heterocycles. The molecule has 1 saturated carbocycles. The van der Waals surface area contributed by atoms with Crippen molar-refractivity contribution in [2.75, 3.05) is 0 Å². The second kappa shape index (κ2) is 3.82. The lowest BCUT2D eigenvalue weighted by Crippen LogP contribution is -2.44. The van der Waals surface area contributed by atoms with Gasteiger partial charge in [0.2, 0.25) is 0 Å². The van der Waals surface area contributed by atoms with Crippen LogP contribution in [0.3, 0.4) is 0 Å². The van der Waals surface area contributed by atoms with Gasteiger partial charge in [0.1, 0.15) is 0 Å². The van der Waals surface area contributed by atoms with Gasteiger partial charge in [-0.2, -0.15) is 0 Å². The molecule has 0 aromatic carbocycles. The van der Waals surface area contributed by atoms with E-state index in [2.05, 4.69) is 5.32 Å². The van der Waals surface area contributed by atoms with Crippen molar-refractivity contribution in [3.63, 3.8) is 0 Å². The van der Waals surface area contributed by atoms with Gasteiger partial charge in [0.15, 0.2) is 0 Å². The van der Waals surface area contributed by atoms with Crippen molar-refractivity contribution in [1.82, 2.24) is 5.32 Å². The summed E-state index contributed by atoms with van der Waals surface area (Å²) in [4.78, 5) is 0. The van der Waals surface area contributed by atoms with E-state index in [0.29, 0.717) is 18.2 Å². The zero-order chi connectivity index (χ0) is 9.38. The van der Waals surface area contributed by atoms with E-state index in [1.165, 1.54) is 51.4 Å². The van der Waals surface area contributed by atoms with E-state index >= 15 is 0 Å². The van der Waals surface area contributed by atoms with Crippen LogP contribution < -0.4 is 5.32 Å². The molecular formula is C12H21NO. The van der Waals surface area contributed by atoms with Crippen molar-refractivity contribution >= 4 is 0 Å². The van der Waals surface area contributed by atoms with E-state index in [1.54, 1.807) is 0 Å². The highest BCUT2D eigenvalue weighted by Crippen LogP contribution is 2.35. The lowest BCUT2D eigenvalue weighted by molar-refractivity contribution is 0.0951. The van der Waals surface area contributed by atoms with Gasteiger partial charge in [0, 0.05) is 12.1 Å². The number of ether oxygens (including phenoxy) is 1. The summed E-state index contributed by atoms with van der Waals surface area (Å²) in [5.74, 6) is 0. The normalized spacial score (nSPS) is 43.3. The van der Waals surface area contributed by atoms with E-state index in [1.807, 2.05) is 0 Å². The molecule has 0 radical (unpaired) electrons. The van der Waals surface area contributed by atoms with Gasteiger partial charge in [0.05, 0.1) is 12.2 Å². The average molecular weight is 195 g/mol. The molecule has 2 unspecified atom stereocenters. The third kappa shape index (κ3) is 1.70. The van der Waals surface area contributed by atoms with Crippen LogP contribution in [0, 0.1) is 0 Å². The van der Waals surface area contributed by atoms with Gasteiger partial charge in [-0.15, -0.1) is 0 Å². The molecule has 14 heavy (non-hydrogen) atoms. The molecule has 1 N–H and O–H groups in total. The molecule has 2 saturated heterocycles. The molecule has 2 heteroatoms. The summed E-state index contributed by atoms with van der Waals surface area (Å²) in [6, 6.07) is 1.49. The van der Waals surface area contributed by atoms with E-state index in [9.17, 15) is 0 Å². The number of hydrogen-bond donors (Lipinski definition) is 1. The molecule has 2 bridgehead atoms. The molecule has 3 atom stereocenters. The fourth-order valence-corrected chi connectivity index (χ4v) is 3.39. The average Bonchev–Trinajstić information content (AvgIpc) is 2.81. The van der Waals surface area contributed by atoms with Gasteiger partial charge in [0.25, 0.3) is 0 Å². The Bertz CT molecular complexity index is 200. The molecule has 0 aromatic heterocycles. The van der Waals surface area contributed by atoms with Crippen LogP contribution in [-0.4, -0.2) is 24.3 Å². The van der Waals surface area contributed by atoms with Crippen LogP contribution in [0.5, 0.6) is 0 Å². The molecular weight excluding hydrogens is 174 g/mol. The SMILES string of the molecule is C1CCC(N[C@H]2CC3CCC2O3)CC1. The standard InChI is InChI=1S/C12H21NO/c1-2-4-9(5-3-1)13-11-8-10-6-7-12(11)14-10/h9-13H,1-8H2/t10?,11-,12?/m0/s1. The first-order valence-corrected chi connectivity index (χ1v) is 6.33. The molecule has 3 fully saturated rings. The van der Waals surface area contributed by atoms with Crippen LogP contribution >= 0.6 is 0 Å². The summed E-state index contributed by atoms with van der Waals surface area (Å²) in [5.41, 5.74) is 0.